The van der Waals surface area contributed by atoms with Gasteiger partial charge in [-0.1, -0.05) is 19.3 Å². The Morgan fingerprint density at radius 1 is 0.848 bits per heavy atom. The molecule has 33 heavy (non-hydrogen) atoms. The summed E-state index contributed by atoms with van der Waals surface area (Å²) in [7, 11) is 0. The van der Waals surface area contributed by atoms with Crippen molar-refractivity contribution >= 4 is 29.1 Å². The standard InChI is InChI=1S/C26H36N4O3/c31-24(27-20-9-3-1-4-10-20)18-30-23-17-19(25(32)28-14-6-2-7-15-28)12-13-21(23)29-16-8-5-11-22(29)26(30)33/h12-13,17,20,22H,1-11,14-16,18H2,(H,27,31). The Morgan fingerprint density at radius 3 is 2.33 bits per heavy atom. The van der Waals surface area contributed by atoms with E-state index in [-0.39, 0.29) is 36.3 Å². The van der Waals surface area contributed by atoms with Gasteiger partial charge in [0.1, 0.15) is 12.6 Å². The number of carbonyl (C=O) groups excluding carboxylic acids is 3. The number of nitrogens with one attached hydrogen (secondary N) is 1. The van der Waals surface area contributed by atoms with E-state index in [4.69, 9.17) is 0 Å². The van der Waals surface area contributed by atoms with E-state index in [1.807, 2.05) is 23.1 Å². The van der Waals surface area contributed by atoms with E-state index < -0.39 is 0 Å². The van der Waals surface area contributed by atoms with E-state index >= 15 is 0 Å². The van der Waals surface area contributed by atoms with Gasteiger partial charge in [0, 0.05) is 31.2 Å². The fraction of sp³-hybridized carbons (Fsp3) is 0.654. The van der Waals surface area contributed by atoms with Crippen LogP contribution < -0.4 is 15.1 Å². The molecule has 1 N–H and O–H groups in total. The number of benzene rings is 1. The van der Waals surface area contributed by atoms with Gasteiger partial charge in [-0.2, -0.15) is 0 Å². The minimum atomic E-state index is -0.211. The third kappa shape index (κ3) is 4.59. The minimum absolute atomic E-state index is 0.0106. The van der Waals surface area contributed by atoms with Gasteiger partial charge in [0.2, 0.25) is 11.8 Å². The number of hydrogen-bond donors (Lipinski definition) is 1. The second kappa shape index (κ2) is 9.74. The molecule has 0 aromatic heterocycles. The molecular weight excluding hydrogens is 416 g/mol. The van der Waals surface area contributed by atoms with Crippen LogP contribution in [0.25, 0.3) is 0 Å². The van der Waals surface area contributed by atoms with Crippen LogP contribution in [0.4, 0.5) is 11.4 Å². The molecule has 1 aliphatic carbocycles. The van der Waals surface area contributed by atoms with Gasteiger partial charge in [-0.15, -0.1) is 0 Å². The topological polar surface area (TPSA) is 73.0 Å². The molecule has 7 heteroatoms. The summed E-state index contributed by atoms with van der Waals surface area (Å²) < 4.78 is 0. The third-order valence-corrected chi connectivity index (χ3v) is 7.79. The summed E-state index contributed by atoms with van der Waals surface area (Å²) in [4.78, 5) is 45.4. The fourth-order valence-electron chi connectivity index (χ4n) is 6.00. The van der Waals surface area contributed by atoms with Crippen molar-refractivity contribution in [3.63, 3.8) is 0 Å². The highest BCUT2D eigenvalue weighted by Gasteiger charge is 2.40. The third-order valence-electron chi connectivity index (χ3n) is 7.79. The molecule has 3 fully saturated rings. The van der Waals surface area contributed by atoms with Crippen LogP contribution in [0.3, 0.4) is 0 Å². The van der Waals surface area contributed by atoms with Gasteiger partial charge in [-0.25, -0.2) is 0 Å². The molecule has 1 aromatic rings. The smallest absolute Gasteiger partial charge is 0.253 e. The largest absolute Gasteiger partial charge is 0.358 e. The van der Waals surface area contributed by atoms with Crippen LogP contribution in [0, 0.1) is 0 Å². The lowest BCUT2D eigenvalue weighted by molar-refractivity contribution is -0.125. The Bertz CT molecular complexity index is 905. The predicted octanol–water partition coefficient (Wildman–Crippen LogP) is 3.47. The molecule has 1 unspecified atom stereocenters. The van der Waals surface area contributed by atoms with E-state index in [0.29, 0.717) is 11.3 Å². The summed E-state index contributed by atoms with van der Waals surface area (Å²) in [6.07, 6.45) is 11.7. The summed E-state index contributed by atoms with van der Waals surface area (Å²) in [5, 5.41) is 3.16. The number of carbonyl (C=O) groups is 3. The van der Waals surface area contributed by atoms with Crippen molar-refractivity contribution in [3.8, 4) is 0 Å². The molecule has 5 rings (SSSR count). The van der Waals surface area contributed by atoms with Crippen molar-refractivity contribution < 1.29 is 14.4 Å². The predicted molar refractivity (Wildman–Crippen MR) is 129 cm³/mol. The Balaban J connectivity index is 1.42. The zero-order valence-electron chi connectivity index (χ0n) is 19.6. The van der Waals surface area contributed by atoms with Gasteiger partial charge in [0.25, 0.3) is 5.91 Å². The number of anilines is 2. The van der Waals surface area contributed by atoms with Crippen LogP contribution in [-0.2, 0) is 9.59 Å². The SMILES string of the molecule is O=C(CN1C(=O)C2CCCCN2c2ccc(C(=O)N3CCCCC3)cc21)NC1CCCCC1. The number of rotatable bonds is 4. The molecule has 2 saturated heterocycles. The molecule has 7 nitrogen and oxygen atoms in total. The monoisotopic (exact) mass is 452 g/mol. The van der Waals surface area contributed by atoms with Gasteiger partial charge in [-0.3, -0.25) is 19.3 Å². The lowest BCUT2D eigenvalue weighted by atomic mass is 9.94. The van der Waals surface area contributed by atoms with Crippen LogP contribution in [0.15, 0.2) is 18.2 Å². The zero-order chi connectivity index (χ0) is 22.8. The maximum Gasteiger partial charge on any atom is 0.253 e. The first-order chi connectivity index (χ1) is 16.1. The van der Waals surface area contributed by atoms with E-state index in [1.165, 1.54) is 12.8 Å². The molecular formula is C26H36N4O3. The summed E-state index contributed by atoms with van der Waals surface area (Å²) in [6.45, 7) is 2.44. The highest BCUT2D eigenvalue weighted by Crippen LogP contribution is 2.40. The van der Waals surface area contributed by atoms with Gasteiger partial charge < -0.3 is 15.1 Å². The Kier molecular flexibility index (Phi) is 6.56. The zero-order valence-corrected chi connectivity index (χ0v) is 19.6. The number of nitrogens with zero attached hydrogens (tertiary/aromatic N) is 3. The van der Waals surface area contributed by atoms with Gasteiger partial charge in [0.05, 0.1) is 11.4 Å². The maximum absolute atomic E-state index is 13.5. The quantitative estimate of drug-likeness (QED) is 0.759. The number of likely N-dealkylation sites (tertiary alicyclic amines) is 1. The van der Waals surface area contributed by atoms with Crippen molar-refractivity contribution in [1.82, 2.24) is 10.2 Å². The highest BCUT2D eigenvalue weighted by molar-refractivity contribution is 6.09. The number of amides is 3. The maximum atomic E-state index is 13.5. The average molecular weight is 453 g/mol. The van der Waals surface area contributed by atoms with Crippen LogP contribution in [0.1, 0.15) is 81.0 Å². The van der Waals surface area contributed by atoms with Crippen molar-refractivity contribution in [1.29, 1.82) is 0 Å². The fourth-order valence-corrected chi connectivity index (χ4v) is 6.00. The summed E-state index contributed by atoms with van der Waals surface area (Å²) in [5.74, 6) is -0.0842. The summed E-state index contributed by atoms with van der Waals surface area (Å²) >= 11 is 0. The normalized spacial score (nSPS) is 23.7. The average Bonchev–Trinajstić information content (AvgIpc) is 2.87. The Labute approximate surface area is 196 Å². The number of hydrogen-bond acceptors (Lipinski definition) is 4. The Morgan fingerprint density at radius 2 is 1.55 bits per heavy atom. The second-order valence-electron chi connectivity index (χ2n) is 10.1. The van der Waals surface area contributed by atoms with E-state index in [0.717, 1.165) is 83.1 Å². The van der Waals surface area contributed by atoms with E-state index in [2.05, 4.69) is 10.2 Å². The van der Waals surface area contributed by atoms with Crippen molar-refractivity contribution in [3.05, 3.63) is 23.8 Å². The van der Waals surface area contributed by atoms with Gasteiger partial charge in [0.15, 0.2) is 0 Å². The van der Waals surface area contributed by atoms with Crippen molar-refractivity contribution in [2.24, 2.45) is 0 Å². The second-order valence-corrected chi connectivity index (χ2v) is 10.1. The van der Waals surface area contributed by atoms with Crippen molar-refractivity contribution in [2.75, 3.05) is 36.0 Å². The van der Waals surface area contributed by atoms with E-state index in [9.17, 15) is 14.4 Å². The molecule has 3 aliphatic heterocycles. The summed E-state index contributed by atoms with van der Waals surface area (Å²) in [6, 6.07) is 5.74. The first-order valence-electron chi connectivity index (χ1n) is 12.9. The lowest BCUT2D eigenvalue weighted by Crippen LogP contribution is -2.57. The first-order valence-corrected chi connectivity index (χ1v) is 12.9. The molecule has 1 saturated carbocycles. The molecule has 178 valence electrons. The molecule has 0 radical (unpaired) electrons. The molecule has 1 aromatic carbocycles. The molecule has 0 bridgehead atoms. The van der Waals surface area contributed by atoms with Crippen LogP contribution in [-0.4, -0.2) is 60.9 Å². The van der Waals surface area contributed by atoms with E-state index in [1.54, 1.807) is 4.90 Å². The summed E-state index contributed by atoms with van der Waals surface area (Å²) in [5.41, 5.74) is 2.29. The molecule has 3 amide bonds. The van der Waals surface area contributed by atoms with Crippen LogP contribution >= 0.6 is 0 Å². The highest BCUT2D eigenvalue weighted by atomic mass is 16.2. The number of fused-ring (bicyclic) bond motifs is 3. The first kappa shape index (κ1) is 22.2. The van der Waals surface area contributed by atoms with Crippen molar-refractivity contribution in [2.45, 2.75) is 82.7 Å². The Hall–Kier alpha value is -2.57. The van der Waals surface area contributed by atoms with Gasteiger partial charge in [-0.05, 0) is 69.6 Å². The number of piperidine rings is 2. The van der Waals surface area contributed by atoms with Crippen LogP contribution in [0.2, 0.25) is 0 Å². The molecule has 4 aliphatic rings. The lowest BCUT2D eigenvalue weighted by Gasteiger charge is -2.45. The van der Waals surface area contributed by atoms with Crippen LogP contribution in [0.5, 0.6) is 0 Å². The van der Waals surface area contributed by atoms with Gasteiger partial charge >= 0.3 is 0 Å². The molecule has 0 spiro atoms. The molecule has 1 atom stereocenters. The minimum Gasteiger partial charge on any atom is -0.358 e. The molecule has 3 heterocycles.